The highest BCUT2D eigenvalue weighted by atomic mass is 16.4. The molecule has 104 valence electrons. The molecule has 7 heteroatoms. The summed E-state index contributed by atoms with van der Waals surface area (Å²) in [6.45, 7) is 1.74. The number of nitrogens with one attached hydrogen (secondary N) is 2. The molecule has 2 rings (SSSR count). The molecule has 1 fully saturated rings. The second-order valence-electron chi connectivity index (χ2n) is 4.76. The van der Waals surface area contributed by atoms with Gasteiger partial charge < -0.3 is 14.8 Å². The summed E-state index contributed by atoms with van der Waals surface area (Å²) in [6, 6.07) is -0.207. The standard InChI is InChI=1S/C12H17N3O4/c1-7-6-13-12(19-7)15-11(18)14-9-4-2-8(3-5-9)10(16)17/h6,8-9H,2-5H2,1H3,(H,16,17)(H2,13,14,15,18). The average Bonchev–Trinajstić information content (AvgIpc) is 2.75. The topological polar surface area (TPSA) is 104 Å². The van der Waals surface area contributed by atoms with E-state index in [9.17, 15) is 9.59 Å². The molecule has 1 saturated carbocycles. The van der Waals surface area contributed by atoms with Crippen LogP contribution in [0.15, 0.2) is 10.6 Å². The van der Waals surface area contributed by atoms with Gasteiger partial charge in [-0.15, -0.1) is 0 Å². The Kier molecular flexibility index (Phi) is 4.03. The lowest BCUT2D eigenvalue weighted by atomic mass is 9.86. The van der Waals surface area contributed by atoms with Crippen LogP contribution in [-0.2, 0) is 4.79 Å². The van der Waals surface area contributed by atoms with Gasteiger partial charge in [-0.25, -0.2) is 9.78 Å². The minimum atomic E-state index is -0.752. The zero-order valence-corrected chi connectivity index (χ0v) is 10.7. The van der Waals surface area contributed by atoms with E-state index in [2.05, 4.69) is 15.6 Å². The zero-order valence-electron chi connectivity index (χ0n) is 10.7. The van der Waals surface area contributed by atoms with E-state index in [1.54, 1.807) is 6.92 Å². The van der Waals surface area contributed by atoms with Crippen LogP contribution in [0, 0.1) is 12.8 Å². The van der Waals surface area contributed by atoms with Crippen molar-refractivity contribution in [1.29, 1.82) is 0 Å². The maximum Gasteiger partial charge on any atom is 0.323 e. The smallest absolute Gasteiger partial charge is 0.323 e. The van der Waals surface area contributed by atoms with Gasteiger partial charge in [0.15, 0.2) is 0 Å². The number of carbonyl (C=O) groups is 2. The predicted octanol–water partition coefficient (Wildman–Crippen LogP) is 1.75. The minimum Gasteiger partial charge on any atom is -0.481 e. The summed E-state index contributed by atoms with van der Waals surface area (Å²) in [5, 5.41) is 14.2. The SMILES string of the molecule is Cc1cnc(NC(=O)NC2CCC(C(=O)O)CC2)o1. The van der Waals surface area contributed by atoms with E-state index in [1.165, 1.54) is 6.20 Å². The normalized spacial score (nSPS) is 22.8. The quantitative estimate of drug-likeness (QED) is 0.773. The van der Waals surface area contributed by atoms with Crippen molar-refractivity contribution in [2.45, 2.75) is 38.6 Å². The molecular formula is C12H17N3O4. The molecule has 19 heavy (non-hydrogen) atoms. The summed E-state index contributed by atoms with van der Waals surface area (Å²) in [7, 11) is 0. The summed E-state index contributed by atoms with van der Waals surface area (Å²) in [5.74, 6) is -0.411. The molecule has 0 unspecified atom stereocenters. The first-order chi connectivity index (χ1) is 9.04. The number of aryl methyl sites for hydroxylation is 1. The Labute approximate surface area is 110 Å². The highest BCUT2D eigenvalue weighted by molar-refractivity contribution is 5.87. The van der Waals surface area contributed by atoms with Gasteiger partial charge in [-0.1, -0.05) is 0 Å². The fourth-order valence-electron chi connectivity index (χ4n) is 2.22. The first-order valence-electron chi connectivity index (χ1n) is 6.27. The van der Waals surface area contributed by atoms with E-state index in [4.69, 9.17) is 9.52 Å². The number of carboxylic acids is 1. The monoisotopic (exact) mass is 267 g/mol. The van der Waals surface area contributed by atoms with E-state index >= 15 is 0 Å². The molecule has 7 nitrogen and oxygen atoms in total. The van der Waals surface area contributed by atoms with Gasteiger partial charge >= 0.3 is 18.0 Å². The fourth-order valence-corrected chi connectivity index (χ4v) is 2.22. The summed E-state index contributed by atoms with van der Waals surface area (Å²) in [4.78, 5) is 26.3. The van der Waals surface area contributed by atoms with Gasteiger partial charge in [-0.2, -0.15) is 0 Å². The van der Waals surface area contributed by atoms with Crippen LogP contribution in [0.3, 0.4) is 0 Å². The lowest BCUT2D eigenvalue weighted by Crippen LogP contribution is -2.41. The Morgan fingerprint density at radius 3 is 2.58 bits per heavy atom. The highest BCUT2D eigenvalue weighted by Crippen LogP contribution is 2.24. The number of nitrogens with zero attached hydrogens (tertiary/aromatic N) is 1. The minimum absolute atomic E-state index is 0.00617. The average molecular weight is 267 g/mol. The van der Waals surface area contributed by atoms with Crippen LogP contribution in [0.4, 0.5) is 10.8 Å². The van der Waals surface area contributed by atoms with Gasteiger partial charge in [0, 0.05) is 6.04 Å². The second-order valence-corrected chi connectivity index (χ2v) is 4.76. The maximum atomic E-state index is 11.7. The van der Waals surface area contributed by atoms with Gasteiger partial charge in [-0.3, -0.25) is 10.1 Å². The number of urea groups is 1. The Morgan fingerprint density at radius 1 is 1.37 bits per heavy atom. The lowest BCUT2D eigenvalue weighted by molar-refractivity contribution is -0.142. The van der Waals surface area contributed by atoms with E-state index in [0.717, 1.165) is 0 Å². The van der Waals surface area contributed by atoms with Crippen LogP contribution in [-0.4, -0.2) is 28.1 Å². The van der Waals surface area contributed by atoms with Crippen molar-refractivity contribution in [3.8, 4) is 0 Å². The number of rotatable bonds is 3. The van der Waals surface area contributed by atoms with Crippen molar-refractivity contribution in [3.05, 3.63) is 12.0 Å². The molecule has 1 aromatic heterocycles. The van der Waals surface area contributed by atoms with Gasteiger partial charge in [0.1, 0.15) is 5.76 Å². The van der Waals surface area contributed by atoms with Crippen molar-refractivity contribution >= 4 is 18.0 Å². The summed E-state index contributed by atoms with van der Waals surface area (Å²) in [6.07, 6.45) is 4.06. The molecule has 2 amide bonds. The van der Waals surface area contributed by atoms with Gasteiger partial charge in [0.2, 0.25) is 0 Å². The molecule has 0 bridgehead atoms. The van der Waals surface area contributed by atoms with E-state index in [-0.39, 0.29) is 24.0 Å². The van der Waals surface area contributed by atoms with Crippen LogP contribution >= 0.6 is 0 Å². The first-order valence-corrected chi connectivity index (χ1v) is 6.27. The molecule has 0 saturated heterocycles. The molecule has 1 aliphatic carbocycles. The summed E-state index contributed by atoms with van der Waals surface area (Å²) < 4.78 is 5.13. The van der Waals surface area contributed by atoms with Gasteiger partial charge in [0.05, 0.1) is 12.1 Å². The molecular weight excluding hydrogens is 250 g/mol. The molecule has 1 heterocycles. The number of anilines is 1. The van der Waals surface area contributed by atoms with E-state index in [1.807, 2.05) is 0 Å². The Morgan fingerprint density at radius 2 is 2.05 bits per heavy atom. The van der Waals surface area contributed by atoms with Crippen LogP contribution in [0.1, 0.15) is 31.4 Å². The highest BCUT2D eigenvalue weighted by Gasteiger charge is 2.26. The van der Waals surface area contributed by atoms with Crippen molar-refractivity contribution in [3.63, 3.8) is 0 Å². The van der Waals surface area contributed by atoms with E-state index in [0.29, 0.717) is 31.4 Å². The fraction of sp³-hybridized carbons (Fsp3) is 0.583. The van der Waals surface area contributed by atoms with Crippen molar-refractivity contribution < 1.29 is 19.1 Å². The van der Waals surface area contributed by atoms with Crippen LogP contribution < -0.4 is 10.6 Å². The number of hydrogen-bond acceptors (Lipinski definition) is 4. The molecule has 3 N–H and O–H groups in total. The van der Waals surface area contributed by atoms with Crippen molar-refractivity contribution in [1.82, 2.24) is 10.3 Å². The zero-order chi connectivity index (χ0) is 13.8. The number of oxazole rings is 1. The Hall–Kier alpha value is -2.05. The number of amides is 2. The van der Waals surface area contributed by atoms with Gasteiger partial charge in [-0.05, 0) is 32.6 Å². The Bertz CT molecular complexity index is 463. The van der Waals surface area contributed by atoms with Crippen molar-refractivity contribution in [2.75, 3.05) is 5.32 Å². The molecule has 1 aromatic rings. The molecule has 0 atom stereocenters. The van der Waals surface area contributed by atoms with E-state index < -0.39 is 5.97 Å². The van der Waals surface area contributed by atoms with Crippen molar-refractivity contribution in [2.24, 2.45) is 5.92 Å². The number of carboxylic acid groups (broad SMARTS) is 1. The number of aliphatic carboxylic acids is 1. The summed E-state index contributed by atoms with van der Waals surface area (Å²) in [5.41, 5.74) is 0. The largest absolute Gasteiger partial charge is 0.481 e. The van der Waals surface area contributed by atoms with Crippen LogP contribution in [0.25, 0.3) is 0 Å². The molecule has 0 aliphatic heterocycles. The molecule has 1 aliphatic rings. The number of carbonyl (C=O) groups excluding carboxylic acids is 1. The third kappa shape index (κ3) is 3.70. The maximum absolute atomic E-state index is 11.7. The van der Waals surface area contributed by atoms with Gasteiger partial charge in [0.25, 0.3) is 0 Å². The van der Waals surface area contributed by atoms with Crippen LogP contribution in [0.5, 0.6) is 0 Å². The summed E-state index contributed by atoms with van der Waals surface area (Å²) >= 11 is 0. The lowest BCUT2D eigenvalue weighted by Gasteiger charge is -2.26. The molecule has 0 radical (unpaired) electrons. The second kappa shape index (κ2) is 5.73. The molecule has 0 aromatic carbocycles. The third-order valence-corrected chi connectivity index (χ3v) is 3.25. The van der Waals surface area contributed by atoms with Crippen LogP contribution in [0.2, 0.25) is 0 Å². The molecule has 0 spiro atoms. The number of hydrogen-bond donors (Lipinski definition) is 3. The third-order valence-electron chi connectivity index (χ3n) is 3.25. The first kappa shape index (κ1) is 13.4. The number of aromatic nitrogens is 1. The Balaban J connectivity index is 1.76. The predicted molar refractivity (Wildman–Crippen MR) is 66.8 cm³/mol.